The van der Waals surface area contributed by atoms with E-state index in [9.17, 15) is 4.79 Å². The van der Waals surface area contributed by atoms with E-state index in [0.717, 1.165) is 19.3 Å². The van der Waals surface area contributed by atoms with E-state index in [1.54, 1.807) is 0 Å². The molecule has 0 aliphatic heterocycles. The first-order chi connectivity index (χ1) is 7.06. The van der Waals surface area contributed by atoms with Crippen molar-refractivity contribution in [2.75, 3.05) is 7.11 Å². The van der Waals surface area contributed by atoms with Gasteiger partial charge in [-0.3, -0.25) is 4.79 Å². The lowest BCUT2D eigenvalue weighted by molar-refractivity contribution is -0.140. The van der Waals surface area contributed by atoms with Crippen LogP contribution in [0.15, 0.2) is 23.3 Å². The average Bonchev–Trinajstić information content (AvgIpc) is 2.17. The Kier molecular flexibility index (Phi) is 7.69. The van der Waals surface area contributed by atoms with Crippen molar-refractivity contribution in [1.82, 2.24) is 0 Å². The van der Waals surface area contributed by atoms with Crippen LogP contribution >= 0.6 is 0 Å². The van der Waals surface area contributed by atoms with Crippen LogP contribution in [0.5, 0.6) is 0 Å². The molecule has 0 bridgehead atoms. The molecule has 0 rings (SSSR count). The molecule has 0 aromatic heterocycles. The zero-order valence-corrected chi connectivity index (χ0v) is 10.3. The number of esters is 1. The molecule has 0 atom stereocenters. The normalized spacial score (nSPS) is 11.1. The number of carbonyl (C=O) groups is 1. The predicted octanol–water partition coefficient (Wildman–Crippen LogP) is 3.63. The van der Waals surface area contributed by atoms with E-state index in [-0.39, 0.29) is 5.97 Å². The Bertz CT molecular complexity index is 245. The fraction of sp³-hybridized carbons (Fsp3) is 0.615. The maximum absolute atomic E-state index is 10.8. The van der Waals surface area contributed by atoms with Gasteiger partial charge in [0.25, 0.3) is 0 Å². The highest BCUT2D eigenvalue weighted by Crippen LogP contribution is 2.08. The van der Waals surface area contributed by atoms with Gasteiger partial charge in [-0.2, -0.15) is 0 Å². The average molecular weight is 210 g/mol. The van der Waals surface area contributed by atoms with Crippen molar-refractivity contribution >= 4 is 5.97 Å². The van der Waals surface area contributed by atoms with Crippen LogP contribution in [0.1, 0.15) is 46.5 Å². The number of rotatable bonds is 6. The minimum Gasteiger partial charge on any atom is -0.469 e. The van der Waals surface area contributed by atoms with Crippen LogP contribution in [0.25, 0.3) is 0 Å². The second kappa shape index (κ2) is 8.27. The van der Waals surface area contributed by atoms with E-state index in [1.165, 1.54) is 18.3 Å². The molecule has 0 saturated heterocycles. The molecule has 0 heterocycles. The Balaban J connectivity index is 3.70. The first kappa shape index (κ1) is 13.9. The highest BCUT2D eigenvalue weighted by Gasteiger charge is 1.97. The summed E-state index contributed by atoms with van der Waals surface area (Å²) in [6.07, 6.45) is 7.78. The number of hydrogen-bond acceptors (Lipinski definition) is 2. The van der Waals surface area contributed by atoms with Gasteiger partial charge >= 0.3 is 5.97 Å². The van der Waals surface area contributed by atoms with Crippen molar-refractivity contribution in [3.63, 3.8) is 0 Å². The molecule has 2 nitrogen and oxygen atoms in total. The Hall–Kier alpha value is -1.05. The van der Waals surface area contributed by atoms with Crippen LogP contribution in [-0.2, 0) is 9.53 Å². The van der Waals surface area contributed by atoms with Gasteiger partial charge in [-0.05, 0) is 40.0 Å². The minimum absolute atomic E-state index is 0.136. The van der Waals surface area contributed by atoms with Crippen LogP contribution in [-0.4, -0.2) is 13.1 Å². The fourth-order valence-corrected chi connectivity index (χ4v) is 1.23. The molecule has 0 aliphatic rings. The zero-order chi connectivity index (χ0) is 11.7. The second-order valence-corrected chi connectivity index (χ2v) is 3.99. The summed E-state index contributed by atoms with van der Waals surface area (Å²) in [7, 11) is 1.42. The smallest absolute Gasteiger partial charge is 0.305 e. The third-order valence-electron chi connectivity index (χ3n) is 2.16. The molecule has 0 spiro atoms. The largest absolute Gasteiger partial charge is 0.469 e. The predicted molar refractivity (Wildman–Crippen MR) is 63.7 cm³/mol. The monoisotopic (exact) mass is 210 g/mol. The molecule has 86 valence electrons. The molecule has 0 unspecified atom stereocenters. The van der Waals surface area contributed by atoms with E-state index in [0.29, 0.717) is 6.42 Å². The highest BCUT2D eigenvalue weighted by molar-refractivity contribution is 5.69. The van der Waals surface area contributed by atoms with E-state index in [1.807, 2.05) is 0 Å². The Labute approximate surface area is 93.0 Å². The number of carbonyl (C=O) groups excluding carboxylic acids is 1. The quantitative estimate of drug-likeness (QED) is 0.494. The lowest BCUT2D eigenvalue weighted by atomic mass is 10.1. The molecular weight excluding hydrogens is 188 g/mol. The summed E-state index contributed by atoms with van der Waals surface area (Å²) in [6, 6.07) is 0. The minimum atomic E-state index is -0.136. The van der Waals surface area contributed by atoms with Gasteiger partial charge in [-0.15, -0.1) is 0 Å². The lowest BCUT2D eigenvalue weighted by Gasteiger charge is -1.99. The molecule has 15 heavy (non-hydrogen) atoms. The molecule has 0 aliphatic carbocycles. The molecule has 0 aromatic carbocycles. The summed E-state index contributed by atoms with van der Waals surface area (Å²) in [4.78, 5) is 10.8. The van der Waals surface area contributed by atoms with Crippen LogP contribution < -0.4 is 0 Å². The summed E-state index contributed by atoms with van der Waals surface area (Å²) >= 11 is 0. The maximum atomic E-state index is 10.8. The molecule has 0 radical (unpaired) electrons. The van der Waals surface area contributed by atoms with Gasteiger partial charge in [-0.1, -0.05) is 23.3 Å². The lowest BCUT2D eigenvalue weighted by Crippen LogP contribution is -1.98. The SMILES string of the molecule is COC(=O)CCC=C(C)CCC=C(C)C. The molecule has 0 amide bonds. The van der Waals surface area contributed by atoms with Crippen molar-refractivity contribution < 1.29 is 9.53 Å². The first-order valence-electron chi connectivity index (χ1n) is 5.42. The Morgan fingerprint density at radius 1 is 1.07 bits per heavy atom. The van der Waals surface area contributed by atoms with Crippen molar-refractivity contribution in [2.24, 2.45) is 0 Å². The van der Waals surface area contributed by atoms with Crippen molar-refractivity contribution in [1.29, 1.82) is 0 Å². The van der Waals surface area contributed by atoms with Crippen LogP contribution in [0, 0.1) is 0 Å². The first-order valence-corrected chi connectivity index (χ1v) is 5.42. The van der Waals surface area contributed by atoms with E-state index < -0.39 is 0 Å². The van der Waals surface area contributed by atoms with Gasteiger partial charge in [0.05, 0.1) is 7.11 Å². The molecule has 0 aromatic rings. The summed E-state index contributed by atoms with van der Waals surface area (Å²) in [5, 5.41) is 0. The third-order valence-corrected chi connectivity index (χ3v) is 2.16. The standard InChI is InChI=1S/C13H22O2/c1-11(2)7-5-8-12(3)9-6-10-13(14)15-4/h7,9H,5-6,8,10H2,1-4H3. The van der Waals surface area contributed by atoms with Gasteiger partial charge in [0, 0.05) is 6.42 Å². The maximum Gasteiger partial charge on any atom is 0.305 e. The Morgan fingerprint density at radius 3 is 2.20 bits per heavy atom. The second-order valence-electron chi connectivity index (χ2n) is 3.99. The van der Waals surface area contributed by atoms with Crippen molar-refractivity contribution in [3.05, 3.63) is 23.3 Å². The number of hydrogen-bond donors (Lipinski definition) is 0. The van der Waals surface area contributed by atoms with Gasteiger partial charge in [0.1, 0.15) is 0 Å². The van der Waals surface area contributed by atoms with Gasteiger partial charge in [0.15, 0.2) is 0 Å². The highest BCUT2D eigenvalue weighted by atomic mass is 16.5. The van der Waals surface area contributed by atoms with Crippen LogP contribution in [0.3, 0.4) is 0 Å². The van der Waals surface area contributed by atoms with Gasteiger partial charge in [-0.25, -0.2) is 0 Å². The molecule has 2 heteroatoms. The number of methoxy groups -OCH3 is 1. The fourth-order valence-electron chi connectivity index (χ4n) is 1.23. The summed E-state index contributed by atoms with van der Waals surface area (Å²) < 4.78 is 4.57. The summed E-state index contributed by atoms with van der Waals surface area (Å²) in [5.41, 5.74) is 2.70. The van der Waals surface area contributed by atoms with E-state index in [4.69, 9.17) is 0 Å². The summed E-state index contributed by atoms with van der Waals surface area (Å²) in [5.74, 6) is -0.136. The van der Waals surface area contributed by atoms with E-state index >= 15 is 0 Å². The summed E-state index contributed by atoms with van der Waals surface area (Å²) in [6.45, 7) is 6.32. The van der Waals surface area contributed by atoms with Crippen LogP contribution in [0.4, 0.5) is 0 Å². The van der Waals surface area contributed by atoms with Crippen molar-refractivity contribution in [3.8, 4) is 0 Å². The number of allylic oxidation sites excluding steroid dienone is 4. The number of ether oxygens (including phenoxy) is 1. The van der Waals surface area contributed by atoms with E-state index in [2.05, 4.69) is 37.7 Å². The zero-order valence-electron chi connectivity index (χ0n) is 10.3. The Morgan fingerprint density at radius 2 is 1.67 bits per heavy atom. The molecule has 0 fully saturated rings. The van der Waals surface area contributed by atoms with Gasteiger partial charge < -0.3 is 4.74 Å². The molecule has 0 N–H and O–H groups in total. The topological polar surface area (TPSA) is 26.3 Å². The molecular formula is C13H22O2. The van der Waals surface area contributed by atoms with Crippen molar-refractivity contribution in [2.45, 2.75) is 46.5 Å². The van der Waals surface area contributed by atoms with Crippen LogP contribution in [0.2, 0.25) is 0 Å². The molecule has 0 saturated carbocycles. The van der Waals surface area contributed by atoms with Gasteiger partial charge in [0.2, 0.25) is 0 Å². The third kappa shape index (κ3) is 9.26.